The van der Waals surface area contributed by atoms with Crippen LogP contribution in [0.25, 0.3) is 0 Å². The number of rotatable bonds is 1. The van der Waals surface area contributed by atoms with E-state index in [4.69, 9.17) is 6.42 Å². The molecule has 1 aromatic rings. The Labute approximate surface area is 73.0 Å². The van der Waals surface area contributed by atoms with Gasteiger partial charge >= 0.3 is 0 Å². The number of aryl methyl sites for hydroxylation is 2. The largest absolute Gasteiger partial charge is 0.376 e. The maximum absolute atomic E-state index is 9.40. The van der Waals surface area contributed by atoms with Crippen LogP contribution in [0.4, 0.5) is 0 Å². The zero-order valence-electron chi connectivity index (χ0n) is 7.33. The standard InChI is InChI=1S/C11H12O/c1-4-11(12)10-7-8(2)5-6-9(10)3/h1,5-7,11-12H,2-3H3. The van der Waals surface area contributed by atoms with E-state index in [2.05, 4.69) is 5.92 Å². The highest BCUT2D eigenvalue weighted by Crippen LogP contribution is 2.17. The third-order valence-corrected chi connectivity index (χ3v) is 1.89. The van der Waals surface area contributed by atoms with Crippen molar-refractivity contribution in [2.24, 2.45) is 0 Å². The van der Waals surface area contributed by atoms with Crippen LogP contribution in [0, 0.1) is 26.2 Å². The van der Waals surface area contributed by atoms with Crippen LogP contribution in [-0.2, 0) is 0 Å². The molecular weight excluding hydrogens is 148 g/mol. The van der Waals surface area contributed by atoms with Crippen molar-refractivity contribution in [3.63, 3.8) is 0 Å². The van der Waals surface area contributed by atoms with Crippen LogP contribution >= 0.6 is 0 Å². The minimum atomic E-state index is -0.773. The predicted octanol–water partition coefficient (Wildman–Crippen LogP) is 1.97. The molecule has 0 bridgehead atoms. The fraction of sp³-hybridized carbons (Fsp3) is 0.273. The summed E-state index contributed by atoms with van der Waals surface area (Å²) in [4.78, 5) is 0. The Bertz CT molecular complexity index is 320. The van der Waals surface area contributed by atoms with Gasteiger partial charge in [-0.25, -0.2) is 0 Å². The summed E-state index contributed by atoms with van der Waals surface area (Å²) in [7, 11) is 0. The Kier molecular flexibility index (Phi) is 2.52. The van der Waals surface area contributed by atoms with Crippen LogP contribution in [0.5, 0.6) is 0 Å². The van der Waals surface area contributed by atoms with Crippen molar-refractivity contribution in [3.05, 3.63) is 34.9 Å². The second-order valence-electron chi connectivity index (χ2n) is 2.93. The molecule has 1 atom stereocenters. The van der Waals surface area contributed by atoms with E-state index >= 15 is 0 Å². The van der Waals surface area contributed by atoms with E-state index in [0.717, 1.165) is 16.7 Å². The molecule has 0 amide bonds. The van der Waals surface area contributed by atoms with Crippen LogP contribution in [0.1, 0.15) is 22.8 Å². The van der Waals surface area contributed by atoms with Gasteiger partial charge in [-0.1, -0.05) is 29.7 Å². The predicted molar refractivity (Wildman–Crippen MR) is 49.7 cm³/mol. The lowest BCUT2D eigenvalue weighted by molar-refractivity contribution is 0.237. The number of benzene rings is 1. The molecule has 0 aliphatic heterocycles. The summed E-state index contributed by atoms with van der Waals surface area (Å²) in [6.45, 7) is 3.92. The van der Waals surface area contributed by atoms with Gasteiger partial charge in [0.2, 0.25) is 0 Å². The molecule has 1 heteroatoms. The average molecular weight is 160 g/mol. The van der Waals surface area contributed by atoms with Crippen molar-refractivity contribution < 1.29 is 5.11 Å². The molecule has 1 rings (SSSR count). The Balaban J connectivity index is 3.15. The molecule has 0 radical (unpaired) electrons. The third kappa shape index (κ3) is 1.66. The van der Waals surface area contributed by atoms with Crippen molar-refractivity contribution in [2.45, 2.75) is 20.0 Å². The summed E-state index contributed by atoms with van der Waals surface area (Å²) >= 11 is 0. The Morgan fingerprint density at radius 1 is 1.42 bits per heavy atom. The maximum Gasteiger partial charge on any atom is 0.140 e. The summed E-state index contributed by atoms with van der Waals surface area (Å²) in [5, 5.41) is 9.40. The second kappa shape index (κ2) is 3.42. The smallest absolute Gasteiger partial charge is 0.140 e. The molecule has 1 unspecified atom stereocenters. The molecule has 1 aromatic carbocycles. The van der Waals surface area contributed by atoms with E-state index in [1.807, 2.05) is 32.0 Å². The van der Waals surface area contributed by atoms with Crippen molar-refractivity contribution in [2.75, 3.05) is 0 Å². The Morgan fingerprint density at radius 2 is 2.08 bits per heavy atom. The highest BCUT2D eigenvalue weighted by molar-refractivity contribution is 5.35. The quantitative estimate of drug-likeness (QED) is 0.623. The molecule has 0 aromatic heterocycles. The molecule has 1 nitrogen and oxygen atoms in total. The van der Waals surface area contributed by atoms with E-state index < -0.39 is 6.10 Å². The molecule has 0 heterocycles. The Hall–Kier alpha value is -1.26. The first kappa shape index (κ1) is 8.83. The van der Waals surface area contributed by atoms with Gasteiger partial charge in [-0.3, -0.25) is 0 Å². The van der Waals surface area contributed by atoms with Crippen molar-refractivity contribution in [3.8, 4) is 12.3 Å². The lowest BCUT2D eigenvalue weighted by Crippen LogP contribution is -1.96. The van der Waals surface area contributed by atoms with Gasteiger partial charge < -0.3 is 5.11 Å². The SMILES string of the molecule is C#CC(O)c1cc(C)ccc1C. The summed E-state index contributed by atoms with van der Waals surface area (Å²) in [6, 6.07) is 5.88. The normalized spacial score (nSPS) is 12.2. The van der Waals surface area contributed by atoms with Gasteiger partial charge in [0.1, 0.15) is 6.10 Å². The average Bonchev–Trinajstić information content (AvgIpc) is 2.08. The summed E-state index contributed by atoms with van der Waals surface area (Å²) < 4.78 is 0. The minimum absolute atomic E-state index is 0.773. The molecule has 12 heavy (non-hydrogen) atoms. The first-order valence-corrected chi connectivity index (χ1v) is 3.86. The van der Waals surface area contributed by atoms with Gasteiger partial charge in [0.15, 0.2) is 0 Å². The number of hydrogen-bond acceptors (Lipinski definition) is 1. The van der Waals surface area contributed by atoms with Crippen molar-refractivity contribution in [1.29, 1.82) is 0 Å². The zero-order valence-corrected chi connectivity index (χ0v) is 7.33. The molecule has 1 N–H and O–H groups in total. The molecule has 0 fully saturated rings. The number of hydrogen-bond donors (Lipinski definition) is 1. The summed E-state index contributed by atoms with van der Waals surface area (Å²) in [5.74, 6) is 2.30. The van der Waals surface area contributed by atoms with Gasteiger partial charge in [-0.2, -0.15) is 0 Å². The maximum atomic E-state index is 9.40. The van der Waals surface area contributed by atoms with Gasteiger partial charge in [0.25, 0.3) is 0 Å². The van der Waals surface area contributed by atoms with E-state index in [-0.39, 0.29) is 0 Å². The zero-order chi connectivity index (χ0) is 9.14. The van der Waals surface area contributed by atoms with E-state index in [1.54, 1.807) is 0 Å². The molecule has 0 saturated heterocycles. The van der Waals surface area contributed by atoms with Crippen LogP contribution in [0.3, 0.4) is 0 Å². The van der Waals surface area contributed by atoms with E-state index in [9.17, 15) is 5.11 Å². The molecule has 0 aliphatic rings. The van der Waals surface area contributed by atoms with Crippen molar-refractivity contribution in [1.82, 2.24) is 0 Å². The van der Waals surface area contributed by atoms with E-state index in [1.165, 1.54) is 0 Å². The van der Waals surface area contributed by atoms with Gasteiger partial charge in [-0.15, -0.1) is 6.42 Å². The number of terminal acetylenes is 1. The van der Waals surface area contributed by atoms with Gasteiger partial charge in [-0.05, 0) is 25.0 Å². The first-order chi connectivity index (χ1) is 5.65. The summed E-state index contributed by atoms with van der Waals surface area (Å²) in [6.07, 6.45) is 4.35. The molecule has 62 valence electrons. The van der Waals surface area contributed by atoms with Gasteiger partial charge in [0, 0.05) is 0 Å². The molecule has 0 spiro atoms. The minimum Gasteiger partial charge on any atom is -0.376 e. The first-order valence-electron chi connectivity index (χ1n) is 3.86. The fourth-order valence-corrected chi connectivity index (χ4v) is 1.14. The number of aliphatic hydroxyl groups is 1. The number of aliphatic hydroxyl groups excluding tert-OH is 1. The molecular formula is C11H12O. The highest BCUT2D eigenvalue weighted by atomic mass is 16.3. The Morgan fingerprint density at radius 3 is 2.67 bits per heavy atom. The van der Waals surface area contributed by atoms with Crippen molar-refractivity contribution >= 4 is 0 Å². The summed E-state index contributed by atoms with van der Waals surface area (Å²) in [5.41, 5.74) is 2.98. The van der Waals surface area contributed by atoms with Crippen LogP contribution < -0.4 is 0 Å². The highest BCUT2D eigenvalue weighted by Gasteiger charge is 2.05. The monoisotopic (exact) mass is 160 g/mol. The van der Waals surface area contributed by atoms with Crippen LogP contribution in [0.2, 0.25) is 0 Å². The molecule has 0 aliphatic carbocycles. The van der Waals surface area contributed by atoms with Gasteiger partial charge in [0.05, 0.1) is 0 Å². The lowest BCUT2D eigenvalue weighted by Gasteiger charge is -2.08. The lowest BCUT2D eigenvalue weighted by atomic mass is 10.0. The fourth-order valence-electron chi connectivity index (χ4n) is 1.14. The second-order valence-corrected chi connectivity index (χ2v) is 2.93. The van der Waals surface area contributed by atoms with E-state index in [0.29, 0.717) is 0 Å². The molecule has 0 saturated carbocycles. The van der Waals surface area contributed by atoms with Crippen LogP contribution in [0.15, 0.2) is 18.2 Å². The van der Waals surface area contributed by atoms with Crippen LogP contribution in [-0.4, -0.2) is 5.11 Å². The third-order valence-electron chi connectivity index (χ3n) is 1.89. The topological polar surface area (TPSA) is 20.2 Å².